The second kappa shape index (κ2) is 9.68. The zero-order chi connectivity index (χ0) is 23.5. The number of nitrogens with zero attached hydrogens (tertiary/aromatic N) is 4. The van der Waals surface area contributed by atoms with Gasteiger partial charge in [0.2, 0.25) is 5.91 Å². The minimum atomic E-state index is -4.17. The molecule has 9 heteroatoms. The largest absolute Gasteiger partial charge is 0.391 e. The van der Waals surface area contributed by atoms with E-state index in [9.17, 15) is 18.0 Å². The number of amides is 1. The molecule has 1 aliphatic heterocycles. The van der Waals surface area contributed by atoms with Crippen molar-refractivity contribution in [1.29, 1.82) is 0 Å². The SMILES string of the molecule is C=c1cnc(NC(=O)CN2CCC(C(F)(F)F)CC2)c/c1=C/C(=C\C)c1cnc(C)n1C. The fraction of sp³-hybridized carbons (Fsp3) is 0.435. The van der Waals surface area contributed by atoms with Crippen LogP contribution in [0.4, 0.5) is 19.0 Å². The second-order valence-corrected chi connectivity index (χ2v) is 8.05. The molecule has 1 aliphatic rings. The number of nitrogens with one attached hydrogen (secondary N) is 1. The Kier molecular flexibility index (Phi) is 7.18. The van der Waals surface area contributed by atoms with E-state index in [2.05, 4.69) is 21.9 Å². The van der Waals surface area contributed by atoms with Crippen LogP contribution >= 0.6 is 0 Å². The fourth-order valence-electron chi connectivity index (χ4n) is 3.75. The summed E-state index contributed by atoms with van der Waals surface area (Å²) in [7, 11) is 1.94. The van der Waals surface area contributed by atoms with E-state index in [1.54, 1.807) is 23.4 Å². The molecular weight excluding hydrogens is 419 g/mol. The van der Waals surface area contributed by atoms with E-state index in [0.29, 0.717) is 11.0 Å². The maximum absolute atomic E-state index is 12.8. The number of rotatable bonds is 5. The molecule has 1 saturated heterocycles. The lowest BCUT2D eigenvalue weighted by molar-refractivity contribution is -0.184. The number of aryl methyl sites for hydroxylation is 1. The predicted octanol–water partition coefficient (Wildman–Crippen LogP) is 2.63. The van der Waals surface area contributed by atoms with Crippen molar-refractivity contribution >= 4 is 30.0 Å². The van der Waals surface area contributed by atoms with Crippen molar-refractivity contribution in [3.05, 3.63) is 46.5 Å². The summed E-state index contributed by atoms with van der Waals surface area (Å²) in [5.74, 6) is -0.325. The van der Waals surface area contributed by atoms with Gasteiger partial charge in [-0.25, -0.2) is 9.97 Å². The number of pyridine rings is 1. The highest BCUT2D eigenvalue weighted by atomic mass is 19.4. The Morgan fingerprint density at radius 1 is 1.28 bits per heavy atom. The molecule has 0 spiro atoms. The first-order chi connectivity index (χ1) is 15.1. The highest BCUT2D eigenvalue weighted by Crippen LogP contribution is 2.33. The highest BCUT2D eigenvalue weighted by molar-refractivity contribution is 5.91. The molecule has 0 saturated carbocycles. The summed E-state index contributed by atoms with van der Waals surface area (Å²) < 4.78 is 40.4. The molecule has 0 aromatic carbocycles. The van der Waals surface area contributed by atoms with Crippen molar-refractivity contribution < 1.29 is 18.0 Å². The summed E-state index contributed by atoms with van der Waals surface area (Å²) in [6.07, 6.45) is 3.18. The van der Waals surface area contributed by atoms with Gasteiger partial charge in [-0.1, -0.05) is 12.7 Å². The summed E-state index contributed by atoms with van der Waals surface area (Å²) in [6.45, 7) is 8.40. The Hall–Kier alpha value is -2.94. The summed E-state index contributed by atoms with van der Waals surface area (Å²) in [4.78, 5) is 22.7. The van der Waals surface area contributed by atoms with Crippen molar-refractivity contribution in [3.63, 3.8) is 0 Å². The average Bonchev–Trinajstić information content (AvgIpc) is 3.06. The summed E-state index contributed by atoms with van der Waals surface area (Å²) >= 11 is 0. The van der Waals surface area contributed by atoms with Crippen LogP contribution in [0.1, 0.15) is 31.3 Å². The van der Waals surface area contributed by atoms with Crippen LogP contribution in [0.3, 0.4) is 0 Å². The van der Waals surface area contributed by atoms with Crippen LogP contribution in [-0.2, 0) is 11.8 Å². The van der Waals surface area contributed by atoms with E-state index < -0.39 is 12.1 Å². The number of hydrogen-bond donors (Lipinski definition) is 1. The molecule has 2 aromatic heterocycles. The number of hydrogen-bond acceptors (Lipinski definition) is 4. The van der Waals surface area contributed by atoms with Gasteiger partial charge in [-0.05, 0) is 67.9 Å². The van der Waals surface area contributed by atoms with Gasteiger partial charge in [0.1, 0.15) is 11.6 Å². The van der Waals surface area contributed by atoms with Crippen molar-refractivity contribution in [2.24, 2.45) is 13.0 Å². The minimum absolute atomic E-state index is 0.0178. The van der Waals surface area contributed by atoms with E-state index in [4.69, 9.17) is 0 Å². The normalized spacial score (nSPS) is 17.1. The number of carbonyl (C=O) groups is 1. The van der Waals surface area contributed by atoms with Crippen molar-refractivity contribution in [2.75, 3.05) is 25.0 Å². The van der Waals surface area contributed by atoms with Gasteiger partial charge in [-0.3, -0.25) is 9.69 Å². The predicted molar refractivity (Wildman–Crippen MR) is 119 cm³/mol. The molecule has 32 heavy (non-hydrogen) atoms. The number of imidazole rings is 1. The number of carbonyl (C=O) groups excluding carboxylic acids is 1. The third-order valence-corrected chi connectivity index (χ3v) is 5.85. The molecule has 3 rings (SSSR count). The highest BCUT2D eigenvalue weighted by Gasteiger charge is 2.41. The molecular formula is C23H28F3N5O. The summed E-state index contributed by atoms with van der Waals surface area (Å²) in [5, 5.41) is 4.25. The molecule has 1 N–H and O–H groups in total. The van der Waals surface area contributed by atoms with E-state index in [-0.39, 0.29) is 38.4 Å². The molecule has 172 valence electrons. The maximum atomic E-state index is 12.8. The first kappa shape index (κ1) is 23.7. The Labute approximate surface area is 185 Å². The molecule has 3 heterocycles. The lowest BCUT2D eigenvalue weighted by Gasteiger charge is -2.32. The number of halogens is 3. The topological polar surface area (TPSA) is 63.1 Å². The maximum Gasteiger partial charge on any atom is 0.391 e. The van der Waals surface area contributed by atoms with Crippen molar-refractivity contribution in [2.45, 2.75) is 32.9 Å². The number of alkyl halides is 3. The molecule has 0 unspecified atom stereocenters. The number of piperidine rings is 1. The van der Waals surface area contributed by atoms with Crippen LogP contribution in [0.5, 0.6) is 0 Å². The number of anilines is 1. The third kappa shape index (κ3) is 5.64. The van der Waals surface area contributed by atoms with Gasteiger partial charge in [0.25, 0.3) is 0 Å². The molecule has 1 amide bonds. The average molecular weight is 448 g/mol. The van der Waals surface area contributed by atoms with Crippen LogP contribution in [-0.4, -0.2) is 51.2 Å². The van der Waals surface area contributed by atoms with Gasteiger partial charge in [0.05, 0.1) is 24.4 Å². The Morgan fingerprint density at radius 3 is 2.53 bits per heavy atom. The first-order valence-electron chi connectivity index (χ1n) is 10.5. The lowest BCUT2D eigenvalue weighted by atomic mass is 9.96. The smallest absolute Gasteiger partial charge is 0.331 e. The standard InChI is InChI=1S/C23H28F3N5O/c1-5-17(20-13-27-16(3)30(20)4)10-18-11-21(28-12-15(18)2)29-22(32)14-31-8-6-19(7-9-31)23(24,25)26/h5,10-13,19H,2,6-9,14H2,1,3-4H3,(H,29,32)/b17-5+,18-10-. The number of aromatic nitrogens is 3. The number of likely N-dealkylation sites (tertiary alicyclic amines) is 1. The van der Waals surface area contributed by atoms with E-state index in [1.165, 1.54) is 0 Å². The molecule has 0 atom stereocenters. The van der Waals surface area contributed by atoms with Gasteiger partial charge >= 0.3 is 6.18 Å². The quantitative estimate of drug-likeness (QED) is 0.766. The first-order valence-corrected chi connectivity index (χ1v) is 10.5. The Balaban J connectivity index is 1.69. The van der Waals surface area contributed by atoms with Crippen molar-refractivity contribution in [3.8, 4) is 0 Å². The molecule has 2 aromatic rings. The fourth-order valence-corrected chi connectivity index (χ4v) is 3.75. The van der Waals surface area contributed by atoms with Crippen molar-refractivity contribution in [1.82, 2.24) is 19.4 Å². The zero-order valence-corrected chi connectivity index (χ0v) is 18.5. The molecule has 6 nitrogen and oxygen atoms in total. The van der Waals surface area contributed by atoms with Gasteiger partial charge in [-0.2, -0.15) is 13.2 Å². The van der Waals surface area contributed by atoms with Crippen LogP contribution in [0, 0.1) is 12.8 Å². The van der Waals surface area contributed by atoms with E-state index in [1.807, 2.05) is 37.6 Å². The lowest BCUT2D eigenvalue weighted by Crippen LogP contribution is -2.42. The minimum Gasteiger partial charge on any atom is -0.331 e. The van der Waals surface area contributed by atoms with Crippen LogP contribution < -0.4 is 15.8 Å². The molecule has 0 bridgehead atoms. The molecule has 0 radical (unpaired) electrons. The monoisotopic (exact) mass is 447 g/mol. The van der Waals surface area contributed by atoms with Gasteiger partial charge < -0.3 is 9.88 Å². The van der Waals surface area contributed by atoms with Crippen LogP contribution in [0.15, 0.2) is 24.5 Å². The number of allylic oxidation sites excluding steroid dienone is 2. The van der Waals surface area contributed by atoms with E-state index in [0.717, 1.165) is 22.3 Å². The van der Waals surface area contributed by atoms with Gasteiger partial charge in [0, 0.05) is 13.2 Å². The second-order valence-electron chi connectivity index (χ2n) is 8.05. The summed E-state index contributed by atoms with van der Waals surface area (Å²) in [6, 6.07) is 1.74. The molecule has 0 aliphatic carbocycles. The summed E-state index contributed by atoms with van der Waals surface area (Å²) in [5.41, 5.74) is 1.91. The third-order valence-electron chi connectivity index (χ3n) is 5.85. The van der Waals surface area contributed by atoms with Gasteiger partial charge in [0.15, 0.2) is 0 Å². The van der Waals surface area contributed by atoms with Crippen LogP contribution in [0.25, 0.3) is 18.2 Å². The molecule has 1 fully saturated rings. The Bertz CT molecular complexity index is 1110. The zero-order valence-electron chi connectivity index (χ0n) is 18.5. The van der Waals surface area contributed by atoms with Gasteiger partial charge in [-0.15, -0.1) is 0 Å². The van der Waals surface area contributed by atoms with E-state index >= 15 is 0 Å². The van der Waals surface area contributed by atoms with Crippen LogP contribution in [0.2, 0.25) is 0 Å². The Morgan fingerprint density at radius 2 is 1.97 bits per heavy atom.